The van der Waals surface area contributed by atoms with Gasteiger partial charge in [-0.15, -0.1) is 0 Å². The van der Waals surface area contributed by atoms with Gasteiger partial charge >= 0.3 is 0 Å². The number of likely N-dealkylation sites (N-methyl/N-ethyl adjacent to an activating group) is 1. The predicted octanol–water partition coefficient (Wildman–Crippen LogP) is 2.82. The molecule has 3 N–H and O–H groups in total. The van der Waals surface area contributed by atoms with Crippen molar-refractivity contribution in [3.8, 4) is 0 Å². The molecule has 154 valence electrons. The van der Waals surface area contributed by atoms with Crippen molar-refractivity contribution in [2.45, 2.75) is 20.8 Å². The van der Waals surface area contributed by atoms with Crippen LogP contribution in [0.5, 0.6) is 0 Å². The Labute approximate surface area is 173 Å². The van der Waals surface area contributed by atoms with Crippen LogP contribution in [0, 0.1) is 0 Å². The van der Waals surface area contributed by atoms with Crippen molar-refractivity contribution >= 4 is 46.3 Å². The zero-order valence-electron chi connectivity index (χ0n) is 16.9. The molecule has 0 aliphatic carbocycles. The highest BCUT2D eigenvalue weighted by Gasteiger charge is 2.38. The highest BCUT2D eigenvalue weighted by molar-refractivity contribution is 6.36. The number of anilines is 3. The van der Waals surface area contributed by atoms with Crippen molar-refractivity contribution in [1.82, 2.24) is 4.90 Å². The largest absolute Gasteiger partial charge is 0.350 e. The van der Waals surface area contributed by atoms with Gasteiger partial charge in [0.1, 0.15) is 5.70 Å². The maximum atomic E-state index is 12.9. The van der Waals surface area contributed by atoms with Crippen LogP contribution >= 0.6 is 0 Å². The minimum Gasteiger partial charge on any atom is -0.350 e. The Balaban J connectivity index is 1.95. The molecule has 2 aromatic rings. The molecule has 2 aromatic carbocycles. The highest BCUT2D eigenvalue weighted by Crippen LogP contribution is 2.31. The van der Waals surface area contributed by atoms with Crippen LogP contribution in [0.3, 0.4) is 0 Å². The standard InChI is InChI=1S/C22H22N4O4/c1-4-26-21(29)19(15-5-7-16(8-6-15)23-13(2)27)20(22(26)30)25-18-11-9-17(10-12-18)24-14(3)28/h5-12,25H,4H2,1-3H3,(H,23,27)(H,24,28). The van der Waals surface area contributed by atoms with E-state index >= 15 is 0 Å². The second-order valence-electron chi connectivity index (χ2n) is 6.75. The first-order valence-electron chi connectivity index (χ1n) is 9.43. The first kappa shape index (κ1) is 20.8. The van der Waals surface area contributed by atoms with E-state index in [1.165, 1.54) is 18.7 Å². The molecule has 1 aliphatic rings. The fourth-order valence-corrected chi connectivity index (χ4v) is 3.15. The molecule has 0 fully saturated rings. The molecule has 0 atom stereocenters. The lowest BCUT2D eigenvalue weighted by Gasteiger charge is -2.12. The Hall–Kier alpha value is -3.94. The Morgan fingerprint density at radius 2 is 1.23 bits per heavy atom. The number of rotatable bonds is 6. The van der Waals surface area contributed by atoms with Gasteiger partial charge in [-0.2, -0.15) is 0 Å². The topological polar surface area (TPSA) is 108 Å². The quantitative estimate of drug-likeness (QED) is 0.640. The second-order valence-corrected chi connectivity index (χ2v) is 6.75. The van der Waals surface area contributed by atoms with Crippen LogP contribution in [0.1, 0.15) is 26.3 Å². The number of benzene rings is 2. The first-order chi connectivity index (χ1) is 14.3. The van der Waals surface area contributed by atoms with E-state index in [0.29, 0.717) is 22.6 Å². The van der Waals surface area contributed by atoms with E-state index in [-0.39, 0.29) is 35.5 Å². The first-order valence-corrected chi connectivity index (χ1v) is 9.43. The summed E-state index contributed by atoms with van der Waals surface area (Å²) in [6.07, 6.45) is 0. The summed E-state index contributed by atoms with van der Waals surface area (Å²) >= 11 is 0. The molecule has 1 aliphatic heterocycles. The predicted molar refractivity (Wildman–Crippen MR) is 114 cm³/mol. The average molecular weight is 406 g/mol. The van der Waals surface area contributed by atoms with Gasteiger partial charge in [0.25, 0.3) is 11.8 Å². The molecular weight excluding hydrogens is 384 g/mol. The van der Waals surface area contributed by atoms with E-state index < -0.39 is 5.91 Å². The number of carbonyl (C=O) groups is 4. The lowest BCUT2D eigenvalue weighted by Crippen LogP contribution is -2.32. The van der Waals surface area contributed by atoms with Crippen LogP contribution in [0.15, 0.2) is 54.2 Å². The number of amides is 4. The van der Waals surface area contributed by atoms with Crippen molar-refractivity contribution in [1.29, 1.82) is 0 Å². The SMILES string of the molecule is CCN1C(=O)C(Nc2ccc(NC(C)=O)cc2)=C(c2ccc(NC(C)=O)cc2)C1=O. The van der Waals surface area contributed by atoms with E-state index in [1.54, 1.807) is 55.5 Å². The summed E-state index contributed by atoms with van der Waals surface area (Å²) in [4.78, 5) is 49.3. The van der Waals surface area contributed by atoms with Crippen molar-refractivity contribution in [3.05, 3.63) is 59.8 Å². The van der Waals surface area contributed by atoms with Gasteiger partial charge in [0.15, 0.2) is 0 Å². The van der Waals surface area contributed by atoms with E-state index in [9.17, 15) is 19.2 Å². The van der Waals surface area contributed by atoms with E-state index in [0.717, 1.165) is 0 Å². The molecule has 1 heterocycles. The van der Waals surface area contributed by atoms with E-state index in [4.69, 9.17) is 0 Å². The summed E-state index contributed by atoms with van der Waals surface area (Å²) < 4.78 is 0. The van der Waals surface area contributed by atoms with Gasteiger partial charge in [-0.25, -0.2) is 0 Å². The van der Waals surface area contributed by atoms with Gasteiger partial charge in [0.05, 0.1) is 5.57 Å². The second kappa shape index (κ2) is 8.60. The molecule has 30 heavy (non-hydrogen) atoms. The third kappa shape index (κ3) is 4.38. The molecule has 0 unspecified atom stereocenters. The molecule has 4 amide bonds. The Bertz CT molecular complexity index is 1040. The number of hydrogen-bond acceptors (Lipinski definition) is 5. The minimum absolute atomic E-state index is 0.182. The Kier molecular flexibility index (Phi) is 5.96. The summed E-state index contributed by atoms with van der Waals surface area (Å²) in [6.45, 7) is 4.81. The number of imide groups is 1. The molecule has 0 aromatic heterocycles. The molecule has 0 bridgehead atoms. The summed E-state index contributed by atoms with van der Waals surface area (Å²) in [7, 11) is 0. The molecule has 0 spiro atoms. The Morgan fingerprint density at radius 1 is 0.767 bits per heavy atom. The van der Waals surface area contributed by atoms with Gasteiger partial charge in [-0.3, -0.25) is 24.1 Å². The summed E-state index contributed by atoms with van der Waals surface area (Å²) in [5.41, 5.74) is 2.84. The van der Waals surface area contributed by atoms with Gasteiger partial charge < -0.3 is 16.0 Å². The Morgan fingerprint density at radius 3 is 1.70 bits per heavy atom. The summed E-state index contributed by atoms with van der Waals surface area (Å²) in [5, 5.41) is 8.39. The number of carbonyl (C=O) groups excluding carboxylic acids is 4. The summed E-state index contributed by atoms with van der Waals surface area (Å²) in [5.74, 6) is -1.17. The third-order valence-electron chi connectivity index (χ3n) is 4.45. The number of hydrogen-bond donors (Lipinski definition) is 3. The highest BCUT2D eigenvalue weighted by atomic mass is 16.2. The normalized spacial score (nSPS) is 13.5. The van der Waals surface area contributed by atoms with Crippen LogP contribution in [0.2, 0.25) is 0 Å². The molecule has 0 radical (unpaired) electrons. The minimum atomic E-state index is -0.408. The number of nitrogens with one attached hydrogen (secondary N) is 3. The zero-order chi connectivity index (χ0) is 21.8. The molecule has 8 heteroatoms. The van der Waals surface area contributed by atoms with Crippen molar-refractivity contribution < 1.29 is 19.2 Å². The van der Waals surface area contributed by atoms with E-state index in [1.807, 2.05) is 0 Å². The van der Waals surface area contributed by atoms with Crippen LogP contribution in [0.4, 0.5) is 17.1 Å². The molecule has 8 nitrogen and oxygen atoms in total. The monoisotopic (exact) mass is 406 g/mol. The summed E-state index contributed by atoms with van der Waals surface area (Å²) in [6, 6.07) is 13.5. The van der Waals surface area contributed by atoms with Crippen molar-refractivity contribution in [3.63, 3.8) is 0 Å². The lowest BCUT2D eigenvalue weighted by atomic mass is 10.0. The average Bonchev–Trinajstić information content (AvgIpc) is 2.92. The van der Waals surface area contributed by atoms with E-state index in [2.05, 4.69) is 16.0 Å². The zero-order valence-corrected chi connectivity index (χ0v) is 16.9. The fraction of sp³-hybridized carbons (Fsp3) is 0.182. The third-order valence-corrected chi connectivity index (χ3v) is 4.45. The lowest BCUT2D eigenvalue weighted by molar-refractivity contribution is -0.136. The maximum absolute atomic E-state index is 12.9. The van der Waals surface area contributed by atoms with Gasteiger partial charge in [-0.1, -0.05) is 12.1 Å². The van der Waals surface area contributed by atoms with Crippen LogP contribution in [-0.2, 0) is 19.2 Å². The molecule has 0 saturated heterocycles. The van der Waals surface area contributed by atoms with Gasteiger partial charge in [-0.05, 0) is 48.9 Å². The smallest absolute Gasteiger partial charge is 0.278 e. The van der Waals surface area contributed by atoms with Crippen molar-refractivity contribution in [2.24, 2.45) is 0 Å². The fourth-order valence-electron chi connectivity index (χ4n) is 3.15. The number of nitrogens with zero attached hydrogens (tertiary/aromatic N) is 1. The van der Waals surface area contributed by atoms with Crippen LogP contribution in [0.25, 0.3) is 5.57 Å². The molecular formula is C22H22N4O4. The molecule has 3 rings (SSSR count). The van der Waals surface area contributed by atoms with Crippen LogP contribution < -0.4 is 16.0 Å². The van der Waals surface area contributed by atoms with Gasteiger partial charge in [0, 0.05) is 37.5 Å². The van der Waals surface area contributed by atoms with Crippen LogP contribution in [-0.4, -0.2) is 35.1 Å². The maximum Gasteiger partial charge on any atom is 0.278 e. The van der Waals surface area contributed by atoms with Crippen molar-refractivity contribution in [2.75, 3.05) is 22.5 Å². The van der Waals surface area contributed by atoms with Gasteiger partial charge in [0.2, 0.25) is 11.8 Å². The molecule has 0 saturated carbocycles.